The van der Waals surface area contributed by atoms with E-state index < -0.39 is 47.6 Å². The Labute approximate surface area is 136 Å². The van der Waals surface area contributed by atoms with E-state index in [0.29, 0.717) is 0 Å². The molecular formula is C14H18N2O8. The van der Waals surface area contributed by atoms with Gasteiger partial charge in [-0.1, -0.05) is 0 Å². The van der Waals surface area contributed by atoms with Crippen LogP contribution in [0.15, 0.2) is 24.3 Å². The molecule has 132 valence electrons. The highest BCUT2D eigenvalue weighted by Gasteiger charge is 2.56. The van der Waals surface area contributed by atoms with Crippen LogP contribution in [-0.2, 0) is 20.1 Å². The van der Waals surface area contributed by atoms with Crippen molar-refractivity contribution >= 4 is 11.7 Å². The van der Waals surface area contributed by atoms with Gasteiger partial charge in [-0.2, -0.15) is 0 Å². The highest BCUT2D eigenvalue weighted by Crippen LogP contribution is 2.39. The Morgan fingerprint density at radius 3 is 2.42 bits per heavy atom. The number of carbonyl (C=O) groups is 1. The molecule has 1 unspecified atom stereocenters. The van der Waals surface area contributed by atoms with Gasteiger partial charge in [0.2, 0.25) is 0 Å². The van der Waals surface area contributed by atoms with Crippen molar-refractivity contribution in [2.75, 3.05) is 6.61 Å². The van der Waals surface area contributed by atoms with Crippen molar-refractivity contribution in [1.82, 2.24) is 0 Å². The molecule has 1 aromatic rings. The molecule has 2 rings (SSSR count). The van der Waals surface area contributed by atoms with Gasteiger partial charge in [-0.15, -0.1) is 0 Å². The lowest BCUT2D eigenvalue weighted by molar-refractivity contribution is -0.385. The van der Waals surface area contributed by atoms with Gasteiger partial charge in [-0.3, -0.25) is 14.9 Å². The molecule has 10 nitrogen and oxygen atoms in total. The number of hydrogen-bond donors (Lipinski definition) is 4. The van der Waals surface area contributed by atoms with Crippen LogP contribution in [0.2, 0.25) is 0 Å². The molecule has 5 N–H and O–H groups in total. The highest BCUT2D eigenvalue weighted by atomic mass is 16.7. The van der Waals surface area contributed by atoms with E-state index in [4.69, 9.17) is 15.2 Å². The number of aliphatic hydroxyl groups excluding tert-OH is 3. The fourth-order valence-electron chi connectivity index (χ4n) is 2.62. The van der Waals surface area contributed by atoms with Gasteiger partial charge in [-0.25, -0.2) is 0 Å². The Kier molecular flexibility index (Phi) is 5.16. The van der Waals surface area contributed by atoms with Crippen molar-refractivity contribution in [3.05, 3.63) is 39.9 Å². The number of nitro benzene ring substituents is 1. The molecule has 0 saturated carbocycles. The summed E-state index contributed by atoms with van der Waals surface area (Å²) in [5, 5.41) is 40.1. The molecule has 24 heavy (non-hydrogen) atoms. The predicted octanol–water partition coefficient (Wildman–Crippen LogP) is -1.25. The van der Waals surface area contributed by atoms with Crippen LogP contribution in [0.5, 0.6) is 0 Å². The predicted molar refractivity (Wildman–Crippen MR) is 78.5 cm³/mol. The monoisotopic (exact) mass is 342 g/mol. The van der Waals surface area contributed by atoms with Gasteiger partial charge in [0.25, 0.3) is 11.5 Å². The summed E-state index contributed by atoms with van der Waals surface area (Å²) in [6.45, 7) is 0.426. The SMILES string of the molecule is CC(=O)OC1(c2ccc([N+](=O)[O-])cc2)O[C@H](CO)[C@@H](O)[C@H](O)[C@H]1N. The number of nitrogens with zero attached hydrogens (tertiary/aromatic N) is 1. The number of esters is 1. The zero-order valence-electron chi connectivity index (χ0n) is 12.7. The number of benzene rings is 1. The number of ether oxygens (including phenoxy) is 2. The van der Waals surface area contributed by atoms with Crippen LogP contribution in [0.3, 0.4) is 0 Å². The molecule has 1 aliphatic rings. The van der Waals surface area contributed by atoms with Crippen molar-refractivity contribution < 1.29 is 34.5 Å². The summed E-state index contributed by atoms with van der Waals surface area (Å²) in [5.41, 5.74) is 5.83. The third-order valence-electron chi connectivity index (χ3n) is 3.82. The number of rotatable bonds is 4. The van der Waals surface area contributed by atoms with E-state index in [2.05, 4.69) is 0 Å². The lowest BCUT2D eigenvalue weighted by atomic mass is 9.86. The van der Waals surface area contributed by atoms with Gasteiger partial charge in [0.1, 0.15) is 24.4 Å². The minimum Gasteiger partial charge on any atom is -0.427 e. The van der Waals surface area contributed by atoms with E-state index in [0.717, 1.165) is 19.1 Å². The Hall–Kier alpha value is -2.11. The van der Waals surface area contributed by atoms with Gasteiger partial charge in [0, 0.05) is 24.6 Å². The van der Waals surface area contributed by atoms with Crippen molar-refractivity contribution in [2.45, 2.75) is 37.1 Å². The van der Waals surface area contributed by atoms with Crippen molar-refractivity contribution in [3.8, 4) is 0 Å². The number of nitro groups is 1. The summed E-state index contributed by atoms with van der Waals surface area (Å²) >= 11 is 0. The zero-order valence-corrected chi connectivity index (χ0v) is 12.7. The molecule has 1 aromatic carbocycles. The maximum atomic E-state index is 11.5. The van der Waals surface area contributed by atoms with Crippen molar-refractivity contribution in [2.24, 2.45) is 5.73 Å². The number of aliphatic hydroxyl groups is 3. The molecule has 10 heteroatoms. The number of non-ortho nitro benzene ring substituents is 1. The van der Waals surface area contributed by atoms with Crippen LogP contribution >= 0.6 is 0 Å². The quantitative estimate of drug-likeness (QED) is 0.297. The normalized spacial score (nSPS) is 33.0. The molecule has 0 spiro atoms. The van der Waals surface area contributed by atoms with E-state index in [-0.39, 0.29) is 11.3 Å². The maximum Gasteiger partial charge on any atom is 0.305 e. The summed E-state index contributed by atoms with van der Waals surface area (Å²) in [6, 6.07) is 3.45. The zero-order chi connectivity index (χ0) is 18.1. The molecule has 0 radical (unpaired) electrons. The van der Waals surface area contributed by atoms with E-state index in [1.807, 2.05) is 0 Å². The average Bonchev–Trinajstić information content (AvgIpc) is 2.55. The minimum atomic E-state index is -2.01. The van der Waals surface area contributed by atoms with Crippen LogP contribution in [0, 0.1) is 10.1 Å². The second-order valence-electron chi connectivity index (χ2n) is 5.41. The van der Waals surface area contributed by atoms with Crippen LogP contribution in [-0.4, -0.2) is 57.2 Å². The Balaban J connectivity index is 2.52. The highest BCUT2D eigenvalue weighted by molar-refractivity contribution is 5.67. The number of nitrogens with two attached hydrogens (primary N) is 1. The largest absolute Gasteiger partial charge is 0.427 e. The van der Waals surface area contributed by atoms with E-state index in [1.54, 1.807) is 0 Å². The van der Waals surface area contributed by atoms with Crippen LogP contribution in [0.1, 0.15) is 12.5 Å². The molecule has 1 saturated heterocycles. The fraction of sp³-hybridized carbons (Fsp3) is 0.500. The third-order valence-corrected chi connectivity index (χ3v) is 3.82. The van der Waals surface area contributed by atoms with Crippen LogP contribution in [0.4, 0.5) is 5.69 Å². The van der Waals surface area contributed by atoms with Crippen LogP contribution < -0.4 is 5.73 Å². The van der Waals surface area contributed by atoms with Gasteiger partial charge in [0.15, 0.2) is 0 Å². The first-order valence-electron chi connectivity index (χ1n) is 7.08. The van der Waals surface area contributed by atoms with Gasteiger partial charge in [-0.05, 0) is 12.1 Å². The van der Waals surface area contributed by atoms with Crippen molar-refractivity contribution in [1.29, 1.82) is 0 Å². The summed E-state index contributed by atoms with van der Waals surface area (Å²) in [5.74, 6) is -2.79. The maximum absolute atomic E-state index is 11.5. The summed E-state index contributed by atoms with van der Waals surface area (Å²) in [4.78, 5) is 21.7. The molecule has 5 atom stereocenters. The minimum absolute atomic E-state index is 0.125. The lowest BCUT2D eigenvalue weighted by Crippen LogP contribution is -2.67. The molecule has 0 aromatic heterocycles. The lowest BCUT2D eigenvalue weighted by Gasteiger charge is -2.48. The average molecular weight is 342 g/mol. The second kappa shape index (κ2) is 6.79. The molecule has 0 bridgehead atoms. The molecule has 1 fully saturated rings. The van der Waals surface area contributed by atoms with Crippen LogP contribution in [0.25, 0.3) is 0 Å². The summed E-state index contributed by atoms with van der Waals surface area (Å²) in [7, 11) is 0. The smallest absolute Gasteiger partial charge is 0.305 e. The number of hydrogen-bond acceptors (Lipinski definition) is 9. The Morgan fingerprint density at radius 2 is 1.96 bits per heavy atom. The molecule has 0 aliphatic carbocycles. The van der Waals surface area contributed by atoms with E-state index in [9.17, 15) is 30.2 Å². The molecule has 1 aliphatic heterocycles. The fourth-order valence-corrected chi connectivity index (χ4v) is 2.62. The molecular weight excluding hydrogens is 324 g/mol. The van der Waals surface area contributed by atoms with Crippen molar-refractivity contribution in [3.63, 3.8) is 0 Å². The second-order valence-corrected chi connectivity index (χ2v) is 5.41. The topological polar surface area (TPSA) is 165 Å². The van der Waals surface area contributed by atoms with E-state index >= 15 is 0 Å². The Morgan fingerprint density at radius 1 is 1.38 bits per heavy atom. The van der Waals surface area contributed by atoms with Gasteiger partial charge >= 0.3 is 5.97 Å². The molecule has 0 amide bonds. The van der Waals surface area contributed by atoms with Gasteiger partial charge in [0.05, 0.1) is 11.5 Å². The summed E-state index contributed by atoms with van der Waals surface area (Å²) < 4.78 is 10.7. The Bertz CT molecular complexity index is 620. The third kappa shape index (κ3) is 3.09. The first-order chi connectivity index (χ1) is 11.2. The first-order valence-corrected chi connectivity index (χ1v) is 7.08. The van der Waals surface area contributed by atoms with Gasteiger partial charge < -0.3 is 30.5 Å². The standard InChI is InChI=1S/C14H18N2O8/c1-7(18)23-14(8-2-4-9(5-3-8)16(21)22)13(15)12(20)11(19)10(6-17)24-14/h2-5,10-13,17,19-20H,6,15H2,1H3/t10-,11-,12+,13-,14?/m1/s1. The molecule has 1 heterocycles. The first kappa shape index (κ1) is 18.2. The summed E-state index contributed by atoms with van der Waals surface area (Å²) in [6.07, 6.45) is -4.33. The number of carbonyl (C=O) groups excluding carboxylic acids is 1. The van der Waals surface area contributed by atoms with E-state index in [1.165, 1.54) is 12.1 Å².